The van der Waals surface area contributed by atoms with Gasteiger partial charge in [-0.15, -0.1) is 0 Å². The van der Waals surface area contributed by atoms with Gasteiger partial charge < -0.3 is 24.2 Å². The van der Waals surface area contributed by atoms with Crippen molar-refractivity contribution in [1.82, 2.24) is 4.90 Å². The van der Waals surface area contributed by atoms with Crippen LogP contribution in [0, 0.1) is 0 Å². The van der Waals surface area contributed by atoms with Crippen LogP contribution in [-0.2, 0) is 6.54 Å². The van der Waals surface area contributed by atoms with Gasteiger partial charge in [-0.1, -0.05) is 13.3 Å². The lowest BCUT2D eigenvalue weighted by atomic mass is 10.0. The maximum Gasteiger partial charge on any atom is 0.231 e. The van der Waals surface area contributed by atoms with Crippen molar-refractivity contribution < 1.29 is 24.1 Å². The lowest BCUT2D eigenvalue weighted by Gasteiger charge is -2.18. The van der Waals surface area contributed by atoms with E-state index in [0.29, 0.717) is 40.5 Å². The van der Waals surface area contributed by atoms with Crippen LogP contribution in [-0.4, -0.2) is 43.6 Å². The molecule has 0 atom stereocenters. The van der Waals surface area contributed by atoms with E-state index in [2.05, 4.69) is 11.8 Å². The predicted molar refractivity (Wildman–Crippen MR) is 112 cm³/mol. The summed E-state index contributed by atoms with van der Waals surface area (Å²) in [6.07, 6.45) is 3.80. The van der Waals surface area contributed by atoms with Crippen LogP contribution in [0.2, 0.25) is 0 Å². The number of methoxy groups -OCH3 is 2. The van der Waals surface area contributed by atoms with Crippen molar-refractivity contribution >= 4 is 11.9 Å². The van der Waals surface area contributed by atoms with E-state index < -0.39 is 0 Å². The number of nitrogens with zero attached hydrogens (tertiary/aromatic N) is 1. The summed E-state index contributed by atoms with van der Waals surface area (Å²) < 4.78 is 16.6. The van der Waals surface area contributed by atoms with Gasteiger partial charge in [0.1, 0.15) is 23.0 Å². The zero-order valence-corrected chi connectivity index (χ0v) is 17.3. The van der Waals surface area contributed by atoms with Crippen LogP contribution in [0.25, 0.3) is 6.08 Å². The summed E-state index contributed by atoms with van der Waals surface area (Å²) in [7, 11) is 5.14. The molecule has 0 fully saturated rings. The van der Waals surface area contributed by atoms with Crippen molar-refractivity contribution in [3.8, 4) is 23.0 Å². The topological polar surface area (TPSA) is 68.2 Å². The quantitative estimate of drug-likeness (QED) is 0.672. The number of benzene rings is 2. The van der Waals surface area contributed by atoms with E-state index in [0.717, 1.165) is 19.4 Å². The third-order valence-corrected chi connectivity index (χ3v) is 4.96. The second-order valence-electron chi connectivity index (χ2n) is 7.08. The van der Waals surface area contributed by atoms with Gasteiger partial charge in [0, 0.05) is 12.1 Å². The molecule has 1 aliphatic heterocycles. The van der Waals surface area contributed by atoms with Crippen molar-refractivity contribution in [3.63, 3.8) is 0 Å². The lowest BCUT2D eigenvalue weighted by Crippen LogP contribution is -2.19. The second-order valence-corrected chi connectivity index (χ2v) is 7.08. The van der Waals surface area contributed by atoms with Gasteiger partial charge in [0.05, 0.1) is 25.3 Å². The number of allylic oxidation sites excluding steroid dienone is 1. The second kappa shape index (κ2) is 9.01. The fourth-order valence-electron chi connectivity index (χ4n) is 3.32. The molecule has 0 amide bonds. The first-order valence-electron chi connectivity index (χ1n) is 9.68. The molecule has 3 rings (SSSR count). The zero-order valence-electron chi connectivity index (χ0n) is 17.3. The number of Topliss-reactive ketones (excluding diaryl/α,β-unsaturated/α-hetero) is 1. The first-order chi connectivity index (χ1) is 14.0. The number of rotatable bonds is 8. The molecule has 154 valence electrons. The van der Waals surface area contributed by atoms with Crippen LogP contribution in [0.3, 0.4) is 0 Å². The van der Waals surface area contributed by atoms with Crippen LogP contribution in [0.15, 0.2) is 36.1 Å². The number of unbranched alkanes of at least 4 members (excludes halogenated alkanes) is 1. The summed E-state index contributed by atoms with van der Waals surface area (Å²) >= 11 is 0. The molecule has 2 aromatic rings. The van der Waals surface area contributed by atoms with Gasteiger partial charge in [0.15, 0.2) is 5.76 Å². The highest BCUT2D eigenvalue weighted by Gasteiger charge is 2.31. The van der Waals surface area contributed by atoms with Gasteiger partial charge in [-0.2, -0.15) is 0 Å². The maximum absolute atomic E-state index is 12.9. The van der Waals surface area contributed by atoms with Crippen molar-refractivity contribution in [2.75, 3.05) is 27.8 Å². The lowest BCUT2D eigenvalue weighted by molar-refractivity contribution is 0.101. The summed E-state index contributed by atoms with van der Waals surface area (Å²) in [6, 6.07) is 8.50. The Balaban J connectivity index is 1.95. The summed E-state index contributed by atoms with van der Waals surface area (Å²) in [5.74, 6) is 1.77. The minimum absolute atomic E-state index is 0.125. The Morgan fingerprint density at radius 3 is 2.66 bits per heavy atom. The first kappa shape index (κ1) is 20.7. The van der Waals surface area contributed by atoms with E-state index in [1.54, 1.807) is 50.6 Å². The van der Waals surface area contributed by atoms with Crippen LogP contribution in [0.4, 0.5) is 0 Å². The third kappa shape index (κ3) is 4.38. The molecule has 1 N–H and O–H groups in total. The molecule has 1 heterocycles. The molecule has 0 unspecified atom stereocenters. The smallest absolute Gasteiger partial charge is 0.231 e. The van der Waals surface area contributed by atoms with Gasteiger partial charge in [-0.05, 0) is 56.4 Å². The number of ether oxygens (including phenoxy) is 3. The average Bonchev–Trinajstić information content (AvgIpc) is 3.04. The summed E-state index contributed by atoms with van der Waals surface area (Å²) in [5, 5.41) is 10.4. The Morgan fingerprint density at radius 2 is 1.97 bits per heavy atom. The molecule has 0 saturated carbocycles. The number of hydrogen-bond acceptors (Lipinski definition) is 6. The minimum Gasteiger partial charge on any atom is -0.507 e. The summed E-state index contributed by atoms with van der Waals surface area (Å²) in [5.41, 5.74) is 1.75. The van der Waals surface area contributed by atoms with Crippen molar-refractivity contribution in [1.29, 1.82) is 0 Å². The highest BCUT2D eigenvalue weighted by molar-refractivity contribution is 6.15. The van der Waals surface area contributed by atoms with Crippen LogP contribution < -0.4 is 14.2 Å². The number of carbonyl (C=O) groups is 1. The molecule has 29 heavy (non-hydrogen) atoms. The van der Waals surface area contributed by atoms with Gasteiger partial charge in [-0.3, -0.25) is 4.79 Å². The zero-order chi connectivity index (χ0) is 21.0. The van der Waals surface area contributed by atoms with E-state index in [1.165, 1.54) is 0 Å². The normalized spacial score (nSPS) is 14.2. The molecule has 0 aromatic heterocycles. The molecule has 6 heteroatoms. The molecule has 0 spiro atoms. The van der Waals surface area contributed by atoms with Crippen LogP contribution >= 0.6 is 0 Å². The van der Waals surface area contributed by atoms with E-state index in [4.69, 9.17) is 14.2 Å². The van der Waals surface area contributed by atoms with Crippen molar-refractivity contribution in [3.05, 3.63) is 52.8 Å². The largest absolute Gasteiger partial charge is 0.507 e. The summed E-state index contributed by atoms with van der Waals surface area (Å²) in [6.45, 7) is 3.53. The molecular formula is C23H27NO5. The van der Waals surface area contributed by atoms with E-state index in [9.17, 15) is 9.90 Å². The van der Waals surface area contributed by atoms with Gasteiger partial charge in [0.25, 0.3) is 0 Å². The Kier molecular flexibility index (Phi) is 6.44. The average molecular weight is 397 g/mol. The number of phenols is 1. The highest BCUT2D eigenvalue weighted by Crippen LogP contribution is 2.40. The standard InChI is InChI=1S/C23H27NO5/c1-5-6-11-24(2)14-18-19(25)9-8-17-22(26)21(29-23(17)18)13-15-12-16(27-3)7-10-20(15)28-4/h7-10,12-13,25H,5-6,11,14H2,1-4H3/b21-13+. The van der Waals surface area contributed by atoms with Crippen LogP contribution in [0.1, 0.15) is 41.3 Å². The maximum atomic E-state index is 12.9. The third-order valence-electron chi connectivity index (χ3n) is 4.96. The number of hydrogen-bond donors (Lipinski definition) is 1. The van der Waals surface area contributed by atoms with Crippen molar-refractivity contribution in [2.24, 2.45) is 0 Å². The fraction of sp³-hybridized carbons (Fsp3) is 0.348. The first-order valence-corrected chi connectivity index (χ1v) is 9.68. The molecule has 2 aromatic carbocycles. The Bertz CT molecular complexity index is 935. The van der Waals surface area contributed by atoms with E-state index in [-0.39, 0.29) is 17.3 Å². The predicted octanol–water partition coefficient (Wildman–Crippen LogP) is 4.26. The number of aromatic hydroxyl groups is 1. The SMILES string of the molecule is CCCCN(C)Cc1c(O)ccc2c1O/C(=C/c1cc(OC)ccc1OC)C2=O. The molecule has 0 bridgehead atoms. The molecule has 0 saturated heterocycles. The Morgan fingerprint density at radius 1 is 1.17 bits per heavy atom. The summed E-state index contributed by atoms with van der Waals surface area (Å²) in [4.78, 5) is 15.0. The van der Waals surface area contributed by atoms with Crippen LogP contribution in [0.5, 0.6) is 23.0 Å². The van der Waals surface area contributed by atoms with E-state index in [1.807, 2.05) is 7.05 Å². The Hall–Kier alpha value is -2.99. The number of phenolic OH excluding ortho intramolecular Hbond substituents is 1. The number of fused-ring (bicyclic) bond motifs is 1. The number of carbonyl (C=O) groups excluding carboxylic acids is 1. The number of ketones is 1. The molecular weight excluding hydrogens is 370 g/mol. The van der Waals surface area contributed by atoms with Gasteiger partial charge in [-0.25, -0.2) is 0 Å². The monoisotopic (exact) mass is 397 g/mol. The molecule has 0 radical (unpaired) electrons. The van der Waals surface area contributed by atoms with Gasteiger partial charge >= 0.3 is 0 Å². The molecule has 1 aliphatic rings. The highest BCUT2D eigenvalue weighted by atomic mass is 16.5. The minimum atomic E-state index is -0.220. The van der Waals surface area contributed by atoms with Crippen molar-refractivity contribution in [2.45, 2.75) is 26.3 Å². The Labute approximate surface area is 171 Å². The molecule has 0 aliphatic carbocycles. The fourth-order valence-corrected chi connectivity index (χ4v) is 3.32. The van der Waals surface area contributed by atoms with Gasteiger partial charge in [0.2, 0.25) is 5.78 Å². The van der Waals surface area contributed by atoms with E-state index >= 15 is 0 Å². The molecule has 6 nitrogen and oxygen atoms in total.